The minimum Gasteiger partial charge on any atom is -0.207 e. The first kappa shape index (κ1) is 12.9. The van der Waals surface area contributed by atoms with Gasteiger partial charge in [-0.25, -0.2) is 4.39 Å². The Kier molecular flexibility index (Phi) is 4.08. The van der Waals surface area contributed by atoms with Crippen molar-refractivity contribution in [1.82, 2.24) is 0 Å². The Hall–Kier alpha value is -0.570. The third-order valence-corrected chi connectivity index (χ3v) is 3.96. The quantitative estimate of drug-likeness (QED) is 0.626. The predicted octanol–water partition coefficient (Wildman–Crippen LogP) is 5.62. The summed E-state index contributed by atoms with van der Waals surface area (Å²) in [5, 5.41) is 1.14. The van der Waals surface area contributed by atoms with Gasteiger partial charge < -0.3 is 0 Å². The Morgan fingerprint density at radius 1 is 1.06 bits per heavy atom. The summed E-state index contributed by atoms with van der Waals surface area (Å²) >= 11 is 15.4. The molecule has 0 aromatic heterocycles. The standard InChI is InChI=1S/C13H8BrCl2F/c14-13(8-2-1-3-10(17)6-8)11-5-4-9(15)7-12(11)16/h1-7,13H. The van der Waals surface area contributed by atoms with Gasteiger partial charge in [-0.2, -0.15) is 0 Å². The van der Waals surface area contributed by atoms with Gasteiger partial charge in [-0.3, -0.25) is 0 Å². The molecule has 1 atom stereocenters. The fraction of sp³-hybridized carbons (Fsp3) is 0.0769. The molecule has 0 fully saturated rings. The van der Waals surface area contributed by atoms with Crippen molar-refractivity contribution in [3.63, 3.8) is 0 Å². The summed E-state index contributed by atoms with van der Waals surface area (Å²) in [7, 11) is 0. The maximum Gasteiger partial charge on any atom is 0.123 e. The van der Waals surface area contributed by atoms with Crippen LogP contribution in [-0.4, -0.2) is 0 Å². The van der Waals surface area contributed by atoms with E-state index in [1.807, 2.05) is 12.1 Å². The Morgan fingerprint density at radius 2 is 1.82 bits per heavy atom. The lowest BCUT2D eigenvalue weighted by Gasteiger charge is -2.12. The number of hydrogen-bond donors (Lipinski definition) is 0. The average molecular weight is 334 g/mol. The molecular weight excluding hydrogens is 326 g/mol. The zero-order chi connectivity index (χ0) is 12.4. The van der Waals surface area contributed by atoms with Crippen LogP contribution in [0, 0.1) is 5.82 Å². The Labute approximate surface area is 117 Å². The van der Waals surface area contributed by atoms with Crippen molar-refractivity contribution in [2.24, 2.45) is 0 Å². The second kappa shape index (κ2) is 5.38. The molecule has 88 valence electrons. The molecule has 2 aromatic carbocycles. The Morgan fingerprint density at radius 3 is 2.47 bits per heavy atom. The molecule has 2 aromatic rings. The molecular formula is C13H8BrCl2F. The van der Waals surface area contributed by atoms with Crippen molar-refractivity contribution in [3.8, 4) is 0 Å². The smallest absolute Gasteiger partial charge is 0.123 e. The number of benzene rings is 2. The van der Waals surface area contributed by atoms with Gasteiger partial charge in [0.25, 0.3) is 0 Å². The molecule has 0 saturated carbocycles. The third kappa shape index (κ3) is 3.01. The SMILES string of the molecule is Fc1cccc(C(Br)c2ccc(Cl)cc2Cl)c1. The van der Waals surface area contributed by atoms with E-state index in [1.165, 1.54) is 12.1 Å². The van der Waals surface area contributed by atoms with Crippen LogP contribution in [0.4, 0.5) is 4.39 Å². The van der Waals surface area contributed by atoms with Crippen molar-refractivity contribution >= 4 is 39.1 Å². The van der Waals surface area contributed by atoms with E-state index in [2.05, 4.69) is 15.9 Å². The number of hydrogen-bond acceptors (Lipinski definition) is 0. The van der Waals surface area contributed by atoms with Gasteiger partial charge in [0, 0.05) is 10.0 Å². The molecule has 17 heavy (non-hydrogen) atoms. The summed E-state index contributed by atoms with van der Waals surface area (Å²) in [6, 6.07) is 11.7. The van der Waals surface area contributed by atoms with Crippen molar-refractivity contribution in [1.29, 1.82) is 0 Å². The third-order valence-electron chi connectivity index (χ3n) is 2.38. The van der Waals surface area contributed by atoms with Gasteiger partial charge >= 0.3 is 0 Å². The van der Waals surface area contributed by atoms with Gasteiger partial charge in [0.1, 0.15) is 5.82 Å². The molecule has 0 radical (unpaired) electrons. The second-order valence-corrected chi connectivity index (χ2v) is 5.34. The molecule has 0 nitrogen and oxygen atoms in total. The van der Waals surface area contributed by atoms with E-state index in [0.29, 0.717) is 10.0 Å². The minimum absolute atomic E-state index is 0.150. The van der Waals surface area contributed by atoms with Crippen molar-refractivity contribution in [2.75, 3.05) is 0 Å². The van der Waals surface area contributed by atoms with Gasteiger partial charge in [-0.05, 0) is 35.4 Å². The highest BCUT2D eigenvalue weighted by Gasteiger charge is 2.14. The molecule has 0 spiro atoms. The van der Waals surface area contributed by atoms with Gasteiger partial charge in [0.05, 0.1) is 4.83 Å². The zero-order valence-corrected chi connectivity index (χ0v) is 11.7. The topological polar surface area (TPSA) is 0 Å². The van der Waals surface area contributed by atoms with Crippen LogP contribution in [0.1, 0.15) is 16.0 Å². The lowest BCUT2D eigenvalue weighted by Crippen LogP contribution is -1.94. The zero-order valence-electron chi connectivity index (χ0n) is 8.63. The van der Waals surface area contributed by atoms with Gasteiger partial charge in [-0.15, -0.1) is 0 Å². The van der Waals surface area contributed by atoms with Crippen LogP contribution in [0.5, 0.6) is 0 Å². The van der Waals surface area contributed by atoms with E-state index in [4.69, 9.17) is 23.2 Å². The maximum atomic E-state index is 13.1. The highest BCUT2D eigenvalue weighted by Crippen LogP contribution is 2.36. The van der Waals surface area contributed by atoms with E-state index in [0.717, 1.165) is 11.1 Å². The van der Waals surface area contributed by atoms with Crippen molar-refractivity contribution in [2.45, 2.75) is 4.83 Å². The molecule has 0 heterocycles. The van der Waals surface area contributed by atoms with Crippen LogP contribution in [-0.2, 0) is 0 Å². The molecule has 0 aliphatic rings. The maximum absolute atomic E-state index is 13.1. The van der Waals surface area contributed by atoms with Crippen molar-refractivity contribution < 1.29 is 4.39 Å². The monoisotopic (exact) mass is 332 g/mol. The number of alkyl halides is 1. The molecule has 2 rings (SSSR count). The first-order valence-corrected chi connectivity index (χ1v) is 6.59. The summed E-state index contributed by atoms with van der Waals surface area (Å²) < 4.78 is 13.1. The lowest BCUT2D eigenvalue weighted by molar-refractivity contribution is 0.626. The van der Waals surface area contributed by atoms with Crippen LogP contribution in [0.2, 0.25) is 10.0 Å². The van der Waals surface area contributed by atoms with Crippen LogP contribution >= 0.6 is 39.1 Å². The summed E-state index contributed by atoms with van der Waals surface area (Å²) in [6.07, 6.45) is 0. The predicted molar refractivity (Wildman–Crippen MR) is 73.6 cm³/mol. The lowest BCUT2D eigenvalue weighted by atomic mass is 10.0. The van der Waals surface area contributed by atoms with Crippen LogP contribution in [0.15, 0.2) is 42.5 Å². The second-order valence-electron chi connectivity index (χ2n) is 3.58. The summed E-state index contributed by atoms with van der Waals surface area (Å²) in [5.41, 5.74) is 1.68. The van der Waals surface area contributed by atoms with E-state index in [9.17, 15) is 4.39 Å². The number of rotatable bonds is 2. The molecule has 0 N–H and O–H groups in total. The van der Waals surface area contributed by atoms with Crippen LogP contribution in [0.3, 0.4) is 0 Å². The fourth-order valence-corrected chi connectivity index (χ4v) is 2.88. The Balaban J connectivity index is 2.40. The molecule has 0 bridgehead atoms. The van der Waals surface area contributed by atoms with Gasteiger partial charge in [0.15, 0.2) is 0 Å². The summed E-state index contributed by atoms with van der Waals surface area (Å²) in [4.78, 5) is -0.150. The van der Waals surface area contributed by atoms with E-state index in [-0.39, 0.29) is 10.6 Å². The largest absolute Gasteiger partial charge is 0.207 e. The molecule has 0 amide bonds. The molecule has 0 aliphatic carbocycles. The minimum atomic E-state index is -0.267. The van der Waals surface area contributed by atoms with Gasteiger partial charge in [-0.1, -0.05) is 57.3 Å². The van der Waals surface area contributed by atoms with E-state index >= 15 is 0 Å². The van der Waals surface area contributed by atoms with E-state index < -0.39 is 0 Å². The van der Waals surface area contributed by atoms with Crippen LogP contribution in [0.25, 0.3) is 0 Å². The molecule has 4 heteroatoms. The summed E-state index contributed by atoms with van der Waals surface area (Å²) in [5.74, 6) is -0.267. The molecule has 1 unspecified atom stereocenters. The first-order valence-electron chi connectivity index (χ1n) is 4.92. The average Bonchev–Trinajstić information content (AvgIpc) is 2.28. The highest BCUT2D eigenvalue weighted by atomic mass is 79.9. The molecule has 0 aliphatic heterocycles. The number of halogens is 4. The Bertz CT molecular complexity index is 543. The normalized spacial score (nSPS) is 12.5. The van der Waals surface area contributed by atoms with Gasteiger partial charge in [0.2, 0.25) is 0 Å². The highest BCUT2D eigenvalue weighted by molar-refractivity contribution is 9.09. The van der Waals surface area contributed by atoms with Crippen molar-refractivity contribution in [3.05, 3.63) is 69.5 Å². The first-order chi connectivity index (χ1) is 8.08. The fourth-order valence-electron chi connectivity index (χ4n) is 1.55. The van der Waals surface area contributed by atoms with E-state index in [1.54, 1.807) is 18.2 Å². The molecule has 0 saturated heterocycles. The van der Waals surface area contributed by atoms with Crippen LogP contribution < -0.4 is 0 Å². The summed E-state index contributed by atoms with van der Waals surface area (Å²) in [6.45, 7) is 0.